The molecule has 1 heteroatoms. The van der Waals surface area contributed by atoms with Crippen LogP contribution in [0, 0.1) is 11.8 Å². The van der Waals surface area contributed by atoms with Crippen molar-refractivity contribution in [3.8, 4) is 0 Å². The van der Waals surface area contributed by atoms with E-state index in [-0.39, 0.29) is 0 Å². The summed E-state index contributed by atoms with van der Waals surface area (Å²) < 4.78 is 0. The van der Waals surface area contributed by atoms with Crippen LogP contribution in [0.5, 0.6) is 0 Å². The lowest BCUT2D eigenvalue weighted by atomic mass is 9.81. The van der Waals surface area contributed by atoms with Crippen molar-refractivity contribution in [3.63, 3.8) is 0 Å². The van der Waals surface area contributed by atoms with E-state index in [4.69, 9.17) is 0 Å². The monoisotopic (exact) mass is 216 g/mol. The summed E-state index contributed by atoms with van der Waals surface area (Å²) in [5.41, 5.74) is 0. The van der Waals surface area contributed by atoms with Crippen molar-refractivity contribution in [1.29, 1.82) is 0 Å². The number of hydrogen-bond acceptors (Lipinski definition) is 0. The first kappa shape index (κ1) is 8.10. The first-order chi connectivity index (χ1) is 5.36. The molecule has 2 fully saturated rings. The summed E-state index contributed by atoms with van der Waals surface area (Å²) in [6.45, 7) is 0. The molecule has 2 rings (SSSR count). The molecular weight excluding hydrogens is 200 g/mol. The highest BCUT2D eigenvalue weighted by molar-refractivity contribution is 9.09. The molecule has 0 aromatic rings. The van der Waals surface area contributed by atoms with Crippen LogP contribution in [0.2, 0.25) is 0 Å². The van der Waals surface area contributed by atoms with Gasteiger partial charge in [0.1, 0.15) is 0 Å². The van der Waals surface area contributed by atoms with E-state index in [1.54, 1.807) is 0 Å². The summed E-state index contributed by atoms with van der Waals surface area (Å²) in [5.74, 6) is 2.16. The average Bonchev–Trinajstić information content (AvgIpc) is 2.64. The summed E-state index contributed by atoms with van der Waals surface area (Å²) in [4.78, 5) is 0.864. The van der Waals surface area contributed by atoms with Crippen LogP contribution in [-0.4, -0.2) is 4.83 Å². The molecule has 64 valence electrons. The standard InChI is InChI=1S/C10H17Br/c11-10(9-5-6-9)7-4-8-2-1-3-8/h8-10H,1-7H2. The number of rotatable bonds is 4. The summed E-state index contributed by atoms with van der Waals surface area (Å²) in [7, 11) is 0. The van der Waals surface area contributed by atoms with Gasteiger partial charge in [-0.15, -0.1) is 0 Å². The van der Waals surface area contributed by atoms with Crippen molar-refractivity contribution in [2.75, 3.05) is 0 Å². The van der Waals surface area contributed by atoms with Crippen molar-refractivity contribution in [2.45, 2.75) is 49.8 Å². The molecule has 1 unspecified atom stereocenters. The van der Waals surface area contributed by atoms with Gasteiger partial charge in [0.2, 0.25) is 0 Å². The second kappa shape index (κ2) is 3.47. The SMILES string of the molecule is BrC(CCC1CCC1)C1CC1. The van der Waals surface area contributed by atoms with E-state index in [0.717, 1.165) is 16.7 Å². The molecule has 2 aliphatic rings. The summed E-state index contributed by atoms with van der Waals surface area (Å²) in [6, 6.07) is 0. The maximum atomic E-state index is 3.79. The molecule has 0 amide bonds. The van der Waals surface area contributed by atoms with Crippen molar-refractivity contribution in [3.05, 3.63) is 0 Å². The Morgan fingerprint density at radius 3 is 2.36 bits per heavy atom. The third-order valence-electron chi connectivity index (χ3n) is 3.21. The van der Waals surface area contributed by atoms with Crippen molar-refractivity contribution in [2.24, 2.45) is 11.8 Å². The van der Waals surface area contributed by atoms with Gasteiger partial charge >= 0.3 is 0 Å². The van der Waals surface area contributed by atoms with Crippen LogP contribution in [-0.2, 0) is 0 Å². The van der Waals surface area contributed by atoms with E-state index >= 15 is 0 Å². The largest absolute Gasteiger partial charge is 0.0888 e. The number of alkyl halides is 1. The van der Waals surface area contributed by atoms with E-state index in [1.165, 1.54) is 44.9 Å². The quantitative estimate of drug-likeness (QED) is 0.629. The smallest absolute Gasteiger partial charge is 0.0174 e. The Morgan fingerprint density at radius 2 is 1.91 bits per heavy atom. The van der Waals surface area contributed by atoms with Crippen LogP contribution in [0.1, 0.15) is 44.9 Å². The molecule has 0 radical (unpaired) electrons. The molecule has 0 heterocycles. The van der Waals surface area contributed by atoms with Gasteiger partial charge in [0.05, 0.1) is 0 Å². The van der Waals surface area contributed by atoms with Crippen LogP contribution in [0.3, 0.4) is 0 Å². The van der Waals surface area contributed by atoms with Gasteiger partial charge in [0.15, 0.2) is 0 Å². The zero-order valence-corrected chi connectivity index (χ0v) is 8.65. The Hall–Kier alpha value is 0.480. The molecule has 0 saturated heterocycles. The molecule has 2 saturated carbocycles. The summed E-state index contributed by atoms with van der Waals surface area (Å²) >= 11 is 3.79. The highest BCUT2D eigenvalue weighted by Gasteiger charge is 2.29. The fraction of sp³-hybridized carbons (Fsp3) is 1.00. The van der Waals surface area contributed by atoms with Gasteiger partial charge in [-0.2, -0.15) is 0 Å². The van der Waals surface area contributed by atoms with Gasteiger partial charge in [-0.3, -0.25) is 0 Å². The first-order valence-electron chi connectivity index (χ1n) is 5.00. The van der Waals surface area contributed by atoms with Gasteiger partial charge < -0.3 is 0 Å². The lowest BCUT2D eigenvalue weighted by molar-refractivity contribution is 0.287. The third-order valence-corrected chi connectivity index (χ3v) is 4.41. The molecule has 2 aliphatic carbocycles. The Bertz CT molecular complexity index is 125. The molecule has 0 aromatic heterocycles. The van der Waals surface area contributed by atoms with Gasteiger partial charge in [-0.25, -0.2) is 0 Å². The van der Waals surface area contributed by atoms with Crippen molar-refractivity contribution in [1.82, 2.24) is 0 Å². The highest BCUT2D eigenvalue weighted by Crippen LogP contribution is 2.40. The minimum absolute atomic E-state index is 0.864. The first-order valence-corrected chi connectivity index (χ1v) is 5.92. The summed E-state index contributed by atoms with van der Waals surface area (Å²) in [6.07, 6.45) is 10.4. The topological polar surface area (TPSA) is 0 Å². The van der Waals surface area contributed by atoms with Crippen LogP contribution in [0.25, 0.3) is 0 Å². The average molecular weight is 217 g/mol. The maximum absolute atomic E-state index is 3.79. The van der Waals surface area contributed by atoms with Gasteiger partial charge in [0, 0.05) is 4.83 Å². The van der Waals surface area contributed by atoms with Gasteiger partial charge in [-0.05, 0) is 37.5 Å². The Labute approximate surface area is 77.9 Å². The molecule has 0 aromatic carbocycles. The van der Waals surface area contributed by atoms with Crippen LogP contribution in [0.15, 0.2) is 0 Å². The van der Waals surface area contributed by atoms with Crippen molar-refractivity contribution >= 4 is 15.9 Å². The van der Waals surface area contributed by atoms with E-state index < -0.39 is 0 Å². The van der Waals surface area contributed by atoms with E-state index in [1.807, 2.05) is 0 Å². The number of halogens is 1. The molecule has 0 nitrogen and oxygen atoms in total. The highest BCUT2D eigenvalue weighted by atomic mass is 79.9. The van der Waals surface area contributed by atoms with E-state index in [9.17, 15) is 0 Å². The summed E-state index contributed by atoms with van der Waals surface area (Å²) in [5, 5.41) is 0. The normalized spacial score (nSPS) is 28.1. The fourth-order valence-electron chi connectivity index (χ4n) is 1.87. The lowest BCUT2D eigenvalue weighted by Gasteiger charge is -2.26. The second-order valence-corrected chi connectivity index (χ2v) is 5.40. The maximum Gasteiger partial charge on any atom is 0.0174 e. The van der Waals surface area contributed by atoms with E-state index in [0.29, 0.717) is 0 Å². The second-order valence-electron chi connectivity index (χ2n) is 4.23. The predicted molar refractivity (Wildman–Crippen MR) is 52.0 cm³/mol. The Morgan fingerprint density at radius 1 is 1.18 bits per heavy atom. The van der Waals surface area contributed by atoms with Crippen LogP contribution >= 0.6 is 15.9 Å². The molecule has 1 atom stereocenters. The third kappa shape index (κ3) is 2.21. The molecular formula is C10H17Br. The lowest BCUT2D eigenvalue weighted by Crippen LogP contribution is -2.13. The molecule has 0 aliphatic heterocycles. The Balaban J connectivity index is 1.57. The predicted octanol–water partition coefficient (Wildman–Crippen LogP) is 3.74. The van der Waals surface area contributed by atoms with Crippen LogP contribution < -0.4 is 0 Å². The Kier molecular flexibility index (Phi) is 2.55. The zero-order valence-electron chi connectivity index (χ0n) is 7.06. The molecule has 0 N–H and O–H groups in total. The van der Waals surface area contributed by atoms with E-state index in [2.05, 4.69) is 15.9 Å². The molecule has 11 heavy (non-hydrogen) atoms. The minimum atomic E-state index is 0.864. The number of hydrogen-bond donors (Lipinski definition) is 0. The minimum Gasteiger partial charge on any atom is -0.0888 e. The van der Waals surface area contributed by atoms with Crippen molar-refractivity contribution < 1.29 is 0 Å². The zero-order chi connectivity index (χ0) is 7.68. The molecule has 0 bridgehead atoms. The van der Waals surface area contributed by atoms with Gasteiger partial charge in [-0.1, -0.05) is 35.2 Å². The molecule has 0 spiro atoms. The van der Waals surface area contributed by atoms with Crippen LogP contribution in [0.4, 0.5) is 0 Å². The fourth-order valence-corrected chi connectivity index (χ4v) is 2.66. The van der Waals surface area contributed by atoms with Gasteiger partial charge in [0.25, 0.3) is 0 Å².